The van der Waals surface area contributed by atoms with E-state index in [1.807, 2.05) is 43.4 Å². The summed E-state index contributed by atoms with van der Waals surface area (Å²) in [5.74, 6) is 0. The lowest BCUT2D eigenvalue weighted by Crippen LogP contribution is -2.06. The Hall–Kier alpha value is -0.640. The Morgan fingerprint density at radius 2 is 2.06 bits per heavy atom. The standard InChI is InChI=1S/C11H10Cl2N2S/c1-15(2)6-10-11(13)14-8-5-7(12)3-4-9(8)16-10/h3-6H,1-2H3/b10-6+. The molecular formula is C11H10Cl2N2S. The molecule has 0 aromatic heterocycles. The first-order chi connectivity index (χ1) is 7.56. The molecule has 1 aromatic carbocycles. The van der Waals surface area contributed by atoms with Crippen LogP contribution in [0.3, 0.4) is 0 Å². The number of allylic oxidation sites excluding steroid dienone is 1. The lowest BCUT2D eigenvalue weighted by atomic mass is 10.3. The van der Waals surface area contributed by atoms with Crippen LogP contribution < -0.4 is 0 Å². The predicted molar refractivity (Wildman–Crippen MR) is 72.0 cm³/mol. The van der Waals surface area contributed by atoms with Crippen molar-refractivity contribution in [2.75, 3.05) is 14.1 Å². The largest absolute Gasteiger partial charge is 0.382 e. The van der Waals surface area contributed by atoms with Gasteiger partial charge in [-0.1, -0.05) is 35.0 Å². The fourth-order valence-corrected chi connectivity index (χ4v) is 2.70. The van der Waals surface area contributed by atoms with Gasteiger partial charge in [0.25, 0.3) is 0 Å². The van der Waals surface area contributed by atoms with Crippen LogP contribution >= 0.6 is 35.0 Å². The van der Waals surface area contributed by atoms with E-state index in [9.17, 15) is 0 Å². The van der Waals surface area contributed by atoms with Crippen LogP contribution in [0.1, 0.15) is 0 Å². The van der Waals surface area contributed by atoms with Crippen molar-refractivity contribution in [3.63, 3.8) is 0 Å². The number of rotatable bonds is 1. The van der Waals surface area contributed by atoms with Crippen molar-refractivity contribution in [2.45, 2.75) is 4.90 Å². The van der Waals surface area contributed by atoms with Gasteiger partial charge in [-0.05, 0) is 18.2 Å². The van der Waals surface area contributed by atoms with E-state index in [2.05, 4.69) is 4.99 Å². The maximum atomic E-state index is 6.10. The van der Waals surface area contributed by atoms with Gasteiger partial charge >= 0.3 is 0 Å². The van der Waals surface area contributed by atoms with Gasteiger partial charge in [0.05, 0.1) is 10.6 Å². The average molecular weight is 273 g/mol. The summed E-state index contributed by atoms with van der Waals surface area (Å²) in [5.41, 5.74) is 0.832. The van der Waals surface area contributed by atoms with Gasteiger partial charge in [0.15, 0.2) is 0 Å². The molecule has 0 bridgehead atoms. The topological polar surface area (TPSA) is 15.6 Å². The monoisotopic (exact) mass is 272 g/mol. The summed E-state index contributed by atoms with van der Waals surface area (Å²) >= 11 is 13.6. The number of halogens is 2. The highest BCUT2D eigenvalue weighted by molar-refractivity contribution is 8.04. The minimum atomic E-state index is 0.508. The van der Waals surface area contributed by atoms with E-state index in [1.54, 1.807) is 11.8 Å². The van der Waals surface area contributed by atoms with Gasteiger partial charge in [-0.3, -0.25) is 0 Å². The summed E-state index contributed by atoms with van der Waals surface area (Å²) in [6.07, 6.45) is 1.95. The Balaban J connectivity index is 2.42. The lowest BCUT2D eigenvalue weighted by molar-refractivity contribution is 0.563. The van der Waals surface area contributed by atoms with Crippen LogP contribution in [0.2, 0.25) is 5.02 Å². The SMILES string of the molecule is CN(C)/C=C1/Sc2ccc(Cl)cc2N=C1Cl. The Morgan fingerprint density at radius 3 is 2.75 bits per heavy atom. The normalized spacial score (nSPS) is 17.0. The Bertz CT molecular complexity index is 481. The lowest BCUT2D eigenvalue weighted by Gasteiger charge is -2.16. The summed E-state index contributed by atoms with van der Waals surface area (Å²) in [4.78, 5) is 8.29. The van der Waals surface area contributed by atoms with Crippen LogP contribution in [0.25, 0.3) is 0 Å². The molecular weight excluding hydrogens is 263 g/mol. The molecule has 0 aliphatic carbocycles. The molecule has 0 spiro atoms. The molecule has 2 nitrogen and oxygen atoms in total. The Kier molecular flexibility index (Phi) is 3.47. The first kappa shape index (κ1) is 11.8. The van der Waals surface area contributed by atoms with Crippen LogP contribution in [0.4, 0.5) is 5.69 Å². The van der Waals surface area contributed by atoms with Crippen LogP contribution in [0.5, 0.6) is 0 Å². The Morgan fingerprint density at radius 1 is 1.31 bits per heavy atom. The van der Waals surface area contributed by atoms with E-state index in [4.69, 9.17) is 23.2 Å². The summed E-state index contributed by atoms with van der Waals surface area (Å²) in [6.45, 7) is 0. The van der Waals surface area contributed by atoms with Crippen molar-refractivity contribution in [2.24, 2.45) is 4.99 Å². The molecule has 1 heterocycles. The first-order valence-corrected chi connectivity index (χ1v) is 6.24. The van der Waals surface area contributed by atoms with Gasteiger partial charge < -0.3 is 4.90 Å². The molecule has 0 N–H and O–H groups in total. The number of hydrogen-bond donors (Lipinski definition) is 0. The third kappa shape index (κ3) is 2.54. The minimum Gasteiger partial charge on any atom is -0.382 e. The first-order valence-electron chi connectivity index (χ1n) is 4.66. The zero-order valence-corrected chi connectivity index (χ0v) is 11.2. The second-order valence-electron chi connectivity index (χ2n) is 3.57. The Labute approximate surface area is 109 Å². The number of nitrogens with zero attached hydrogens (tertiary/aromatic N) is 2. The summed E-state index contributed by atoms with van der Waals surface area (Å²) in [5, 5.41) is 1.18. The fraction of sp³-hybridized carbons (Fsp3) is 0.182. The molecule has 0 radical (unpaired) electrons. The predicted octanol–water partition coefficient (Wildman–Crippen LogP) is 4.12. The number of hydrogen-bond acceptors (Lipinski definition) is 3. The minimum absolute atomic E-state index is 0.508. The molecule has 0 atom stereocenters. The van der Waals surface area contributed by atoms with Crippen molar-refractivity contribution < 1.29 is 0 Å². The molecule has 84 valence electrons. The average Bonchev–Trinajstić information content (AvgIpc) is 2.19. The molecule has 0 amide bonds. The molecule has 1 aliphatic heterocycles. The van der Waals surface area contributed by atoms with Gasteiger partial charge in [-0.15, -0.1) is 0 Å². The zero-order valence-electron chi connectivity index (χ0n) is 8.87. The molecule has 0 fully saturated rings. The van der Waals surface area contributed by atoms with Crippen LogP contribution in [0, 0.1) is 0 Å². The van der Waals surface area contributed by atoms with Crippen molar-refractivity contribution >= 4 is 45.8 Å². The van der Waals surface area contributed by atoms with E-state index >= 15 is 0 Å². The quantitative estimate of drug-likeness (QED) is 0.765. The van der Waals surface area contributed by atoms with Gasteiger partial charge in [0.1, 0.15) is 5.17 Å². The van der Waals surface area contributed by atoms with Gasteiger partial charge in [0, 0.05) is 30.2 Å². The summed E-state index contributed by atoms with van der Waals surface area (Å²) in [6, 6.07) is 5.63. The van der Waals surface area contributed by atoms with Crippen LogP contribution in [-0.4, -0.2) is 24.2 Å². The van der Waals surface area contributed by atoms with Crippen LogP contribution in [0.15, 0.2) is 39.2 Å². The van der Waals surface area contributed by atoms with Crippen molar-refractivity contribution in [1.29, 1.82) is 0 Å². The second kappa shape index (κ2) is 4.70. The number of fused-ring (bicyclic) bond motifs is 1. The highest BCUT2D eigenvalue weighted by Crippen LogP contribution is 2.42. The molecule has 2 rings (SSSR count). The number of benzene rings is 1. The zero-order chi connectivity index (χ0) is 11.7. The van der Waals surface area contributed by atoms with Crippen LogP contribution in [-0.2, 0) is 0 Å². The molecule has 0 unspecified atom stereocenters. The van der Waals surface area contributed by atoms with Gasteiger partial charge in [-0.2, -0.15) is 0 Å². The van der Waals surface area contributed by atoms with Crippen molar-refractivity contribution in [3.05, 3.63) is 34.3 Å². The van der Waals surface area contributed by atoms with E-state index in [0.29, 0.717) is 10.2 Å². The van der Waals surface area contributed by atoms with E-state index in [1.165, 1.54) is 0 Å². The molecule has 0 saturated carbocycles. The van der Waals surface area contributed by atoms with E-state index in [-0.39, 0.29) is 0 Å². The maximum Gasteiger partial charge on any atom is 0.145 e. The molecule has 0 saturated heterocycles. The number of thioether (sulfide) groups is 1. The van der Waals surface area contributed by atoms with E-state index < -0.39 is 0 Å². The summed E-state index contributed by atoms with van der Waals surface area (Å²) in [7, 11) is 3.91. The van der Waals surface area contributed by atoms with Gasteiger partial charge in [0.2, 0.25) is 0 Å². The third-order valence-electron chi connectivity index (χ3n) is 1.94. The van der Waals surface area contributed by atoms with Crippen molar-refractivity contribution in [1.82, 2.24) is 4.90 Å². The number of aliphatic imine (C=N–C) groups is 1. The molecule has 5 heteroatoms. The molecule has 1 aliphatic rings. The maximum absolute atomic E-state index is 6.10. The fourth-order valence-electron chi connectivity index (χ4n) is 1.30. The van der Waals surface area contributed by atoms with E-state index in [0.717, 1.165) is 15.5 Å². The van der Waals surface area contributed by atoms with Gasteiger partial charge in [-0.25, -0.2) is 4.99 Å². The third-order valence-corrected chi connectivity index (χ3v) is 3.66. The molecule has 16 heavy (non-hydrogen) atoms. The second-order valence-corrected chi connectivity index (χ2v) is 5.45. The molecule has 1 aromatic rings. The smallest absolute Gasteiger partial charge is 0.145 e. The highest BCUT2D eigenvalue weighted by Gasteiger charge is 2.16. The van der Waals surface area contributed by atoms with Crippen molar-refractivity contribution in [3.8, 4) is 0 Å². The summed E-state index contributed by atoms with van der Waals surface area (Å²) < 4.78 is 0. The highest BCUT2D eigenvalue weighted by atomic mass is 35.5.